The number of nitrogens with zero attached hydrogens (tertiary/aromatic N) is 2. The summed E-state index contributed by atoms with van der Waals surface area (Å²) in [5.74, 6) is -0.640. The highest BCUT2D eigenvalue weighted by molar-refractivity contribution is 6.31. The zero-order valence-electron chi connectivity index (χ0n) is 14.6. The summed E-state index contributed by atoms with van der Waals surface area (Å²) in [6.07, 6.45) is 1.88. The summed E-state index contributed by atoms with van der Waals surface area (Å²) in [5, 5.41) is 1.07. The van der Waals surface area contributed by atoms with E-state index >= 15 is 0 Å². The zero-order valence-corrected chi connectivity index (χ0v) is 15.4. The van der Waals surface area contributed by atoms with E-state index in [1.165, 1.54) is 12.1 Å². The second-order valence-electron chi connectivity index (χ2n) is 7.39. The van der Waals surface area contributed by atoms with Gasteiger partial charge in [-0.05, 0) is 62.2 Å². The molecule has 1 atom stereocenters. The number of carbonyl (C=O) groups is 2. The highest BCUT2D eigenvalue weighted by atomic mass is 35.5. The first-order valence-electron chi connectivity index (χ1n) is 8.89. The minimum absolute atomic E-state index is 0.0231. The Morgan fingerprint density at radius 1 is 1.11 bits per heavy atom. The van der Waals surface area contributed by atoms with E-state index < -0.39 is 5.54 Å². The number of hydrogen-bond acceptors (Lipinski definition) is 2. The van der Waals surface area contributed by atoms with Crippen molar-refractivity contribution in [2.75, 3.05) is 4.90 Å². The van der Waals surface area contributed by atoms with E-state index in [4.69, 9.17) is 11.6 Å². The van der Waals surface area contributed by atoms with E-state index in [0.29, 0.717) is 45.7 Å². The number of halogens is 2. The molecule has 1 fully saturated rings. The van der Waals surface area contributed by atoms with Gasteiger partial charge in [0.25, 0.3) is 5.91 Å². The number of rotatable bonds is 0. The van der Waals surface area contributed by atoms with Crippen LogP contribution in [-0.4, -0.2) is 16.4 Å². The fraction of sp³-hybridized carbons (Fsp3) is 0.238. The van der Waals surface area contributed by atoms with Gasteiger partial charge < -0.3 is 4.90 Å². The van der Waals surface area contributed by atoms with Crippen molar-refractivity contribution in [1.82, 2.24) is 4.57 Å². The van der Waals surface area contributed by atoms with Crippen molar-refractivity contribution in [3.8, 4) is 0 Å². The van der Waals surface area contributed by atoms with E-state index in [0.717, 1.165) is 6.42 Å². The molecule has 1 unspecified atom stereocenters. The van der Waals surface area contributed by atoms with Gasteiger partial charge in [-0.3, -0.25) is 14.2 Å². The molecule has 5 rings (SSSR count). The summed E-state index contributed by atoms with van der Waals surface area (Å²) >= 11 is 6.17. The summed E-state index contributed by atoms with van der Waals surface area (Å²) in [5.41, 5.74) is 1.59. The van der Waals surface area contributed by atoms with Crippen LogP contribution in [0.1, 0.15) is 42.2 Å². The van der Waals surface area contributed by atoms with Crippen molar-refractivity contribution in [2.45, 2.75) is 31.7 Å². The fourth-order valence-electron chi connectivity index (χ4n) is 4.52. The summed E-state index contributed by atoms with van der Waals surface area (Å²) in [4.78, 5) is 28.2. The number of hydrogen-bond donors (Lipinski definition) is 0. The van der Waals surface area contributed by atoms with E-state index in [1.807, 2.05) is 13.0 Å². The van der Waals surface area contributed by atoms with Gasteiger partial charge in [0.2, 0.25) is 5.91 Å². The molecule has 1 aromatic heterocycles. The molecule has 0 spiro atoms. The number of aromatic nitrogens is 1. The number of piperidine rings is 1. The van der Waals surface area contributed by atoms with Crippen molar-refractivity contribution in [2.24, 2.45) is 0 Å². The third kappa shape index (κ3) is 2.15. The third-order valence-corrected chi connectivity index (χ3v) is 5.98. The summed E-state index contributed by atoms with van der Waals surface area (Å²) < 4.78 is 15.4. The smallest absolute Gasteiger partial charge is 0.264 e. The zero-order chi connectivity index (χ0) is 18.9. The molecule has 6 heteroatoms. The average molecular weight is 383 g/mol. The maximum atomic E-state index is 13.8. The average Bonchev–Trinajstić information content (AvgIpc) is 2.98. The largest absolute Gasteiger partial charge is 0.300 e. The predicted octanol–water partition coefficient (Wildman–Crippen LogP) is 4.87. The molecule has 3 aromatic rings. The SMILES string of the molecule is CC12CCCC(=O)N1c1ccc(Cl)cc1C(=O)n1c2cc2cc(F)ccc21. The quantitative estimate of drug-likeness (QED) is 0.556. The highest BCUT2D eigenvalue weighted by Gasteiger charge is 2.47. The molecular weight excluding hydrogens is 367 g/mol. The van der Waals surface area contributed by atoms with Gasteiger partial charge in [-0.25, -0.2) is 4.39 Å². The van der Waals surface area contributed by atoms with Crippen molar-refractivity contribution in [1.29, 1.82) is 0 Å². The topological polar surface area (TPSA) is 42.3 Å². The third-order valence-electron chi connectivity index (χ3n) is 5.75. The molecule has 27 heavy (non-hydrogen) atoms. The molecule has 2 aliphatic heterocycles. The van der Waals surface area contributed by atoms with Crippen LogP contribution in [0.5, 0.6) is 0 Å². The molecule has 1 saturated heterocycles. The molecule has 0 radical (unpaired) electrons. The van der Waals surface area contributed by atoms with Crippen LogP contribution in [-0.2, 0) is 10.3 Å². The normalized spacial score (nSPS) is 21.7. The van der Waals surface area contributed by atoms with Crippen LogP contribution < -0.4 is 4.90 Å². The van der Waals surface area contributed by atoms with Crippen LogP contribution >= 0.6 is 11.6 Å². The molecule has 4 nitrogen and oxygen atoms in total. The van der Waals surface area contributed by atoms with Crippen LogP contribution in [0, 0.1) is 5.82 Å². The molecule has 0 N–H and O–H groups in total. The molecule has 136 valence electrons. The lowest BCUT2D eigenvalue weighted by Crippen LogP contribution is -2.51. The van der Waals surface area contributed by atoms with Gasteiger partial charge in [0.05, 0.1) is 28.0 Å². The molecule has 3 heterocycles. The second kappa shape index (κ2) is 5.42. The number of benzene rings is 2. The van der Waals surface area contributed by atoms with Crippen LogP contribution in [0.4, 0.5) is 10.1 Å². The highest BCUT2D eigenvalue weighted by Crippen LogP contribution is 2.47. The number of amides is 1. The maximum Gasteiger partial charge on any atom is 0.264 e. The van der Waals surface area contributed by atoms with Crippen LogP contribution in [0.3, 0.4) is 0 Å². The standard InChI is InChI=1S/C21H16ClFN2O2/c1-21-8-2-3-19(26)25(21)17-6-4-13(22)11-15(17)20(27)24-16-7-5-14(23)9-12(16)10-18(21)24/h4-7,9-11H,2-3,8H2,1H3. The van der Waals surface area contributed by atoms with Gasteiger partial charge in [-0.15, -0.1) is 0 Å². The summed E-state index contributed by atoms with van der Waals surface area (Å²) in [6, 6.07) is 11.2. The number of carbonyl (C=O) groups excluding carboxylic acids is 2. The van der Waals surface area contributed by atoms with E-state index in [9.17, 15) is 14.0 Å². The van der Waals surface area contributed by atoms with Gasteiger partial charge in [0, 0.05) is 16.8 Å². The molecular formula is C21H16ClFN2O2. The van der Waals surface area contributed by atoms with Gasteiger partial charge in [0.1, 0.15) is 5.82 Å². The van der Waals surface area contributed by atoms with E-state index in [2.05, 4.69) is 0 Å². The van der Waals surface area contributed by atoms with Crippen LogP contribution in [0.15, 0.2) is 42.5 Å². The van der Waals surface area contributed by atoms with Crippen molar-refractivity contribution >= 4 is 40.0 Å². The fourth-order valence-corrected chi connectivity index (χ4v) is 4.69. The Hall–Kier alpha value is -2.66. The minimum atomic E-state index is -0.695. The lowest BCUT2D eigenvalue weighted by Gasteiger charge is -2.44. The van der Waals surface area contributed by atoms with Gasteiger partial charge in [-0.2, -0.15) is 0 Å². The minimum Gasteiger partial charge on any atom is -0.300 e. The number of anilines is 1. The van der Waals surface area contributed by atoms with E-state index in [-0.39, 0.29) is 17.6 Å². The molecule has 1 amide bonds. The van der Waals surface area contributed by atoms with Gasteiger partial charge in [-0.1, -0.05) is 11.6 Å². The second-order valence-corrected chi connectivity index (χ2v) is 7.83. The lowest BCUT2D eigenvalue weighted by molar-refractivity contribution is -0.121. The first-order valence-corrected chi connectivity index (χ1v) is 9.27. The predicted molar refractivity (Wildman–Crippen MR) is 102 cm³/mol. The summed E-state index contributed by atoms with van der Waals surface area (Å²) in [6.45, 7) is 1.97. The van der Waals surface area contributed by atoms with Crippen LogP contribution in [0.25, 0.3) is 10.9 Å². The Bertz CT molecular complexity index is 1150. The monoisotopic (exact) mass is 382 g/mol. The Morgan fingerprint density at radius 2 is 1.93 bits per heavy atom. The van der Waals surface area contributed by atoms with E-state index in [1.54, 1.807) is 33.7 Å². The first kappa shape index (κ1) is 16.5. The Morgan fingerprint density at radius 3 is 2.74 bits per heavy atom. The maximum absolute atomic E-state index is 13.8. The molecule has 2 aliphatic rings. The molecule has 0 aliphatic carbocycles. The molecule has 2 aromatic carbocycles. The first-order chi connectivity index (χ1) is 12.9. The van der Waals surface area contributed by atoms with Crippen molar-refractivity contribution in [3.05, 3.63) is 64.6 Å². The Balaban J connectivity index is 1.93. The Kier molecular flexibility index (Phi) is 3.32. The molecule has 0 saturated carbocycles. The van der Waals surface area contributed by atoms with Crippen molar-refractivity contribution in [3.63, 3.8) is 0 Å². The van der Waals surface area contributed by atoms with Crippen LogP contribution in [0.2, 0.25) is 5.02 Å². The number of fused-ring (bicyclic) bond motifs is 7. The Labute approximate surface area is 160 Å². The van der Waals surface area contributed by atoms with Gasteiger partial charge in [0.15, 0.2) is 0 Å². The molecule has 0 bridgehead atoms. The summed E-state index contributed by atoms with van der Waals surface area (Å²) in [7, 11) is 0. The van der Waals surface area contributed by atoms with Crippen molar-refractivity contribution < 1.29 is 14.0 Å². The van der Waals surface area contributed by atoms with Gasteiger partial charge >= 0.3 is 0 Å². The lowest BCUT2D eigenvalue weighted by atomic mass is 9.84.